The van der Waals surface area contributed by atoms with E-state index in [0.717, 1.165) is 15.6 Å². The minimum atomic E-state index is -0.799. The molecule has 3 nitrogen and oxygen atoms in total. The van der Waals surface area contributed by atoms with Crippen LogP contribution in [-0.2, 0) is 9.53 Å². The molecule has 0 aliphatic heterocycles. The number of hydrogen-bond donors (Lipinski definition) is 1. The van der Waals surface area contributed by atoms with Gasteiger partial charge in [0.15, 0.2) is 0 Å². The third-order valence-electron chi connectivity index (χ3n) is 2.26. The Kier molecular flexibility index (Phi) is 4.96. The fourth-order valence-corrected chi connectivity index (χ4v) is 1.98. The average Bonchev–Trinajstić information content (AvgIpc) is 2.17. The number of hydrogen-bond acceptors (Lipinski definition) is 3. The lowest BCUT2D eigenvalue weighted by Crippen LogP contribution is -2.10. The second-order valence-electron chi connectivity index (χ2n) is 3.53. The molecule has 0 amide bonds. The minimum Gasteiger partial charge on any atom is -0.466 e. The van der Waals surface area contributed by atoms with Crippen molar-refractivity contribution in [3.05, 3.63) is 33.8 Å². The Morgan fingerprint density at radius 2 is 2.25 bits per heavy atom. The van der Waals surface area contributed by atoms with Crippen LogP contribution in [0, 0.1) is 6.92 Å². The monoisotopic (exact) mass is 286 g/mol. The number of carbonyl (C=O) groups excluding carboxylic acids is 1. The SMILES string of the molecule is CCOC(=O)CC(O)c1ccc(Br)cc1C. The number of aliphatic hydroxyl groups is 1. The molecule has 0 bridgehead atoms. The van der Waals surface area contributed by atoms with Crippen molar-refractivity contribution in [2.45, 2.75) is 26.4 Å². The molecule has 1 aromatic carbocycles. The maximum absolute atomic E-state index is 11.2. The van der Waals surface area contributed by atoms with Gasteiger partial charge in [-0.15, -0.1) is 0 Å². The summed E-state index contributed by atoms with van der Waals surface area (Å²) in [5.41, 5.74) is 1.71. The maximum atomic E-state index is 11.2. The summed E-state index contributed by atoms with van der Waals surface area (Å²) >= 11 is 3.35. The Bertz CT molecular complexity index is 377. The van der Waals surface area contributed by atoms with Crippen molar-refractivity contribution < 1.29 is 14.6 Å². The van der Waals surface area contributed by atoms with Gasteiger partial charge in [-0.05, 0) is 37.1 Å². The molecule has 0 fully saturated rings. The van der Waals surface area contributed by atoms with Gasteiger partial charge in [0.25, 0.3) is 0 Å². The zero-order valence-corrected chi connectivity index (χ0v) is 11.0. The van der Waals surface area contributed by atoms with Crippen molar-refractivity contribution in [2.24, 2.45) is 0 Å². The normalized spacial score (nSPS) is 12.2. The summed E-state index contributed by atoms with van der Waals surface area (Å²) < 4.78 is 5.75. The van der Waals surface area contributed by atoms with Crippen LogP contribution in [0.3, 0.4) is 0 Å². The number of aliphatic hydroxyl groups excluding tert-OH is 1. The van der Waals surface area contributed by atoms with E-state index in [1.54, 1.807) is 6.92 Å². The van der Waals surface area contributed by atoms with E-state index in [9.17, 15) is 9.90 Å². The summed E-state index contributed by atoms with van der Waals surface area (Å²) in [6, 6.07) is 5.56. The van der Waals surface area contributed by atoms with Crippen molar-refractivity contribution >= 4 is 21.9 Å². The Morgan fingerprint density at radius 3 is 2.81 bits per heavy atom. The van der Waals surface area contributed by atoms with E-state index in [1.807, 2.05) is 25.1 Å². The predicted molar refractivity (Wildman–Crippen MR) is 65.1 cm³/mol. The fourth-order valence-electron chi connectivity index (χ4n) is 1.50. The van der Waals surface area contributed by atoms with Gasteiger partial charge in [0.05, 0.1) is 19.1 Å². The maximum Gasteiger partial charge on any atom is 0.308 e. The standard InChI is InChI=1S/C12H15BrO3/c1-3-16-12(15)7-11(14)10-5-4-9(13)6-8(10)2/h4-6,11,14H,3,7H2,1-2H3. The molecule has 1 atom stereocenters. The molecule has 0 radical (unpaired) electrons. The van der Waals surface area contributed by atoms with Gasteiger partial charge in [-0.2, -0.15) is 0 Å². The summed E-state index contributed by atoms with van der Waals surface area (Å²) in [4.78, 5) is 11.2. The average molecular weight is 287 g/mol. The Morgan fingerprint density at radius 1 is 1.56 bits per heavy atom. The molecule has 0 heterocycles. The number of halogens is 1. The topological polar surface area (TPSA) is 46.5 Å². The van der Waals surface area contributed by atoms with E-state index >= 15 is 0 Å². The summed E-state index contributed by atoms with van der Waals surface area (Å²) in [6.45, 7) is 3.98. The zero-order chi connectivity index (χ0) is 12.1. The van der Waals surface area contributed by atoms with E-state index in [1.165, 1.54) is 0 Å². The molecule has 0 aromatic heterocycles. The number of esters is 1. The van der Waals surface area contributed by atoms with E-state index in [2.05, 4.69) is 15.9 Å². The molecule has 0 saturated heterocycles. The Labute approximate surface area is 104 Å². The van der Waals surface area contributed by atoms with Crippen LogP contribution in [0.4, 0.5) is 0 Å². The van der Waals surface area contributed by atoms with E-state index in [-0.39, 0.29) is 12.4 Å². The van der Waals surface area contributed by atoms with Gasteiger partial charge in [-0.3, -0.25) is 4.79 Å². The highest BCUT2D eigenvalue weighted by Gasteiger charge is 2.15. The molecule has 88 valence electrons. The second kappa shape index (κ2) is 6.01. The summed E-state index contributed by atoms with van der Waals surface area (Å²) in [5, 5.41) is 9.87. The Hall–Kier alpha value is -0.870. The number of aryl methyl sites for hydroxylation is 1. The molecule has 4 heteroatoms. The summed E-state index contributed by atoms with van der Waals surface area (Å²) in [6.07, 6.45) is -0.803. The minimum absolute atomic E-state index is 0.00366. The van der Waals surface area contributed by atoms with Crippen molar-refractivity contribution in [1.29, 1.82) is 0 Å². The molecule has 0 aliphatic rings. The molecular formula is C12H15BrO3. The first-order valence-corrected chi connectivity index (χ1v) is 5.93. The van der Waals surface area contributed by atoms with Crippen molar-refractivity contribution in [2.75, 3.05) is 6.61 Å². The lowest BCUT2D eigenvalue weighted by molar-refractivity contribution is -0.145. The number of benzene rings is 1. The van der Waals surface area contributed by atoms with E-state index < -0.39 is 6.10 Å². The molecule has 1 N–H and O–H groups in total. The highest BCUT2D eigenvalue weighted by Crippen LogP contribution is 2.24. The number of carbonyl (C=O) groups is 1. The zero-order valence-electron chi connectivity index (χ0n) is 9.37. The van der Waals surface area contributed by atoms with Crippen LogP contribution in [0.1, 0.15) is 30.6 Å². The summed E-state index contributed by atoms with van der Waals surface area (Å²) in [7, 11) is 0. The quantitative estimate of drug-likeness (QED) is 0.866. The van der Waals surface area contributed by atoms with Crippen LogP contribution in [0.15, 0.2) is 22.7 Å². The van der Waals surface area contributed by atoms with Crippen LogP contribution in [0.5, 0.6) is 0 Å². The van der Waals surface area contributed by atoms with E-state index in [4.69, 9.17) is 4.74 Å². The van der Waals surface area contributed by atoms with Crippen molar-refractivity contribution in [3.8, 4) is 0 Å². The van der Waals surface area contributed by atoms with Crippen molar-refractivity contribution in [3.63, 3.8) is 0 Å². The number of ether oxygens (including phenoxy) is 1. The Balaban J connectivity index is 2.72. The largest absolute Gasteiger partial charge is 0.466 e. The molecule has 1 rings (SSSR count). The molecule has 0 aliphatic carbocycles. The second-order valence-corrected chi connectivity index (χ2v) is 4.44. The number of rotatable bonds is 4. The molecule has 0 spiro atoms. The lowest BCUT2D eigenvalue weighted by Gasteiger charge is -2.13. The fraction of sp³-hybridized carbons (Fsp3) is 0.417. The highest BCUT2D eigenvalue weighted by atomic mass is 79.9. The third-order valence-corrected chi connectivity index (χ3v) is 2.75. The molecule has 1 aromatic rings. The first-order valence-electron chi connectivity index (χ1n) is 5.14. The molecule has 0 saturated carbocycles. The highest BCUT2D eigenvalue weighted by molar-refractivity contribution is 9.10. The predicted octanol–water partition coefficient (Wildman–Crippen LogP) is 2.74. The lowest BCUT2D eigenvalue weighted by atomic mass is 10.0. The first-order chi connectivity index (χ1) is 7.54. The van der Waals surface area contributed by atoms with Crippen LogP contribution in [0.2, 0.25) is 0 Å². The van der Waals surface area contributed by atoms with Gasteiger partial charge in [0.2, 0.25) is 0 Å². The van der Waals surface area contributed by atoms with Gasteiger partial charge in [-0.25, -0.2) is 0 Å². The van der Waals surface area contributed by atoms with Gasteiger partial charge in [0.1, 0.15) is 0 Å². The van der Waals surface area contributed by atoms with E-state index in [0.29, 0.717) is 6.61 Å². The smallest absolute Gasteiger partial charge is 0.308 e. The third kappa shape index (κ3) is 3.61. The van der Waals surface area contributed by atoms with Gasteiger partial charge in [-0.1, -0.05) is 22.0 Å². The van der Waals surface area contributed by atoms with Crippen molar-refractivity contribution in [1.82, 2.24) is 0 Å². The van der Waals surface area contributed by atoms with Gasteiger partial charge in [0, 0.05) is 4.47 Å². The molecular weight excluding hydrogens is 272 g/mol. The van der Waals surface area contributed by atoms with Crippen LogP contribution in [0.25, 0.3) is 0 Å². The van der Waals surface area contributed by atoms with Crippen LogP contribution < -0.4 is 0 Å². The molecule has 1 unspecified atom stereocenters. The van der Waals surface area contributed by atoms with Gasteiger partial charge < -0.3 is 9.84 Å². The first kappa shape index (κ1) is 13.2. The molecule has 16 heavy (non-hydrogen) atoms. The van der Waals surface area contributed by atoms with Crippen LogP contribution in [-0.4, -0.2) is 17.7 Å². The van der Waals surface area contributed by atoms with Crippen LogP contribution >= 0.6 is 15.9 Å². The summed E-state index contributed by atoms with van der Waals surface area (Å²) in [5.74, 6) is -0.377. The van der Waals surface area contributed by atoms with Gasteiger partial charge >= 0.3 is 5.97 Å².